The molecule has 2 fully saturated rings. The number of rotatable bonds is 3. The summed E-state index contributed by atoms with van der Waals surface area (Å²) in [6, 6.07) is 11.4. The van der Waals surface area contributed by atoms with E-state index in [0.29, 0.717) is 28.2 Å². The van der Waals surface area contributed by atoms with Crippen LogP contribution < -0.4 is 9.80 Å². The molecule has 0 saturated carbocycles. The molecule has 2 aliphatic heterocycles. The van der Waals surface area contributed by atoms with Gasteiger partial charge in [0, 0.05) is 49.7 Å². The Labute approximate surface area is 196 Å². The van der Waals surface area contributed by atoms with Crippen molar-refractivity contribution in [3.05, 3.63) is 57.8 Å². The summed E-state index contributed by atoms with van der Waals surface area (Å²) in [5.41, 5.74) is 1.77. The Kier molecular flexibility index (Phi) is 5.84. The number of aliphatic hydroxyl groups is 1. The summed E-state index contributed by atoms with van der Waals surface area (Å²) in [5, 5.41) is 13.6. The van der Waals surface area contributed by atoms with Gasteiger partial charge >= 0.3 is 0 Å². The van der Waals surface area contributed by atoms with Crippen molar-refractivity contribution in [2.24, 2.45) is 0 Å². The molecule has 1 aromatic heterocycles. The average Bonchev–Trinajstić information content (AvgIpc) is 3.16. The fourth-order valence-corrected chi connectivity index (χ4v) is 5.18. The first-order chi connectivity index (χ1) is 15.0. The van der Waals surface area contributed by atoms with Crippen LogP contribution in [0.5, 0.6) is 0 Å². The minimum Gasteiger partial charge on any atom is -0.390 e. The molecule has 0 unspecified atom stereocenters. The maximum absolute atomic E-state index is 10.9. The molecule has 2 saturated heterocycles. The second kappa shape index (κ2) is 8.60. The van der Waals surface area contributed by atoms with E-state index in [9.17, 15) is 5.11 Å². The predicted molar refractivity (Wildman–Crippen MR) is 127 cm³/mol. The Bertz CT molecular complexity index is 1110. The summed E-state index contributed by atoms with van der Waals surface area (Å²) in [6.07, 6.45) is 1.11. The van der Waals surface area contributed by atoms with Gasteiger partial charge in [0.05, 0.1) is 33.4 Å². The highest BCUT2D eigenvalue weighted by Crippen LogP contribution is 2.34. The number of aliphatic hydroxyl groups excluding tert-OH is 1. The van der Waals surface area contributed by atoms with Gasteiger partial charge in [0.2, 0.25) is 0 Å². The Morgan fingerprint density at radius 2 is 1.71 bits per heavy atom. The molecule has 9 heteroatoms. The molecule has 3 heterocycles. The van der Waals surface area contributed by atoms with Crippen LogP contribution in [0.3, 0.4) is 0 Å². The zero-order chi connectivity index (χ0) is 21.5. The van der Waals surface area contributed by atoms with Gasteiger partial charge in [-0.3, -0.25) is 4.90 Å². The van der Waals surface area contributed by atoms with Crippen LogP contribution in [-0.2, 0) is 0 Å². The summed E-state index contributed by atoms with van der Waals surface area (Å²) in [7, 11) is 0. The molecule has 31 heavy (non-hydrogen) atoms. The number of fused-ring (bicyclic) bond motifs is 1. The maximum Gasteiger partial charge on any atom is 0.140 e. The predicted octanol–water partition coefficient (Wildman–Crippen LogP) is 3.96. The molecular formula is C22H22Cl3N5O. The molecule has 3 aromatic rings. The van der Waals surface area contributed by atoms with Crippen LogP contribution in [0.15, 0.2) is 42.7 Å². The first kappa shape index (κ1) is 21.0. The van der Waals surface area contributed by atoms with Crippen LogP contribution in [0.1, 0.15) is 0 Å². The Morgan fingerprint density at radius 1 is 0.903 bits per heavy atom. The van der Waals surface area contributed by atoms with E-state index in [1.165, 1.54) is 0 Å². The summed E-state index contributed by atoms with van der Waals surface area (Å²) < 4.78 is 0. The summed E-state index contributed by atoms with van der Waals surface area (Å²) in [4.78, 5) is 15.6. The van der Waals surface area contributed by atoms with Gasteiger partial charge in [0.15, 0.2) is 0 Å². The smallest absolute Gasteiger partial charge is 0.140 e. The molecule has 2 aliphatic rings. The topological polar surface area (TPSA) is 55.7 Å². The number of aromatic nitrogens is 2. The third kappa shape index (κ3) is 4.03. The lowest BCUT2D eigenvalue weighted by atomic mass is 10.1. The van der Waals surface area contributed by atoms with Gasteiger partial charge in [0.25, 0.3) is 0 Å². The molecular weight excluding hydrogens is 457 g/mol. The van der Waals surface area contributed by atoms with Crippen LogP contribution in [0.2, 0.25) is 15.1 Å². The molecule has 162 valence electrons. The zero-order valence-electron chi connectivity index (χ0n) is 16.8. The van der Waals surface area contributed by atoms with Crippen molar-refractivity contribution in [1.29, 1.82) is 0 Å². The fourth-order valence-electron chi connectivity index (χ4n) is 4.60. The van der Waals surface area contributed by atoms with Crippen molar-refractivity contribution < 1.29 is 5.11 Å². The third-order valence-corrected chi connectivity index (χ3v) is 7.24. The van der Waals surface area contributed by atoms with Gasteiger partial charge in [-0.15, -0.1) is 0 Å². The SMILES string of the molecule is O[C@H]1CN(c2ncnc3cc(Cl)ccc23)C[C@@H]1N1CCN(c2cccc(Cl)c2Cl)CC1. The third-order valence-electron chi connectivity index (χ3n) is 6.19. The van der Waals surface area contributed by atoms with Crippen molar-refractivity contribution in [3.8, 4) is 0 Å². The number of hydrogen-bond acceptors (Lipinski definition) is 6. The van der Waals surface area contributed by atoms with Crippen LogP contribution >= 0.6 is 34.8 Å². The van der Waals surface area contributed by atoms with E-state index < -0.39 is 6.10 Å². The lowest BCUT2D eigenvalue weighted by Crippen LogP contribution is -2.53. The van der Waals surface area contributed by atoms with Gasteiger partial charge < -0.3 is 14.9 Å². The molecule has 1 N–H and O–H groups in total. The molecule has 2 atom stereocenters. The highest BCUT2D eigenvalue weighted by molar-refractivity contribution is 6.43. The molecule has 6 nitrogen and oxygen atoms in total. The highest BCUT2D eigenvalue weighted by Gasteiger charge is 2.38. The van der Waals surface area contributed by atoms with Gasteiger partial charge in [-0.25, -0.2) is 9.97 Å². The quantitative estimate of drug-likeness (QED) is 0.615. The highest BCUT2D eigenvalue weighted by atomic mass is 35.5. The van der Waals surface area contributed by atoms with Crippen LogP contribution in [0.4, 0.5) is 11.5 Å². The fraction of sp³-hybridized carbons (Fsp3) is 0.364. The van der Waals surface area contributed by atoms with Crippen LogP contribution in [0, 0.1) is 0 Å². The maximum atomic E-state index is 10.9. The van der Waals surface area contributed by atoms with Crippen molar-refractivity contribution in [1.82, 2.24) is 14.9 Å². The number of benzene rings is 2. The van der Waals surface area contributed by atoms with Crippen LogP contribution in [-0.4, -0.2) is 71.4 Å². The van der Waals surface area contributed by atoms with E-state index in [1.54, 1.807) is 12.4 Å². The molecule has 2 aromatic carbocycles. The van der Waals surface area contributed by atoms with E-state index in [-0.39, 0.29) is 6.04 Å². The standard InChI is InChI=1S/C22H22Cl3N5O/c23-14-4-5-15-17(10-14)26-13-27-22(15)30-11-19(20(31)12-30)29-8-6-28(7-9-29)18-3-1-2-16(24)21(18)25/h1-5,10,13,19-20,31H,6-9,11-12H2/t19-,20-/m0/s1. The number of anilines is 2. The molecule has 0 bridgehead atoms. The van der Waals surface area contributed by atoms with E-state index in [2.05, 4.69) is 24.7 Å². The lowest BCUT2D eigenvalue weighted by molar-refractivity contribution is 0.0793. The number of hydrogen-bond donors (Lipinski definition) is 1. The molecule has 0 amide bonds. The number of halogens is 3. The first-order valence-corrected chi connectivity index (χ1v) is 11.4. The number of β-amino-alcohol motifs (C(OH)–C–C–N with tert-alkyl or cyclic N) is 1. The second-order valence-corrected chi connectivity index (χ2v) is 9.22. The van der Waals surface area contributed by atoms with E-state index in [4.69, 9.17) is 34.8 Å². The van der Waals surface area contributed by atoms with E-state index in [1.807, 2.05) is 30.3 Å². The Balaban J connectivity index is 1.29. The van der Waals surface area contributed by atoms with Crippen molar-refractivity contribution in [3.63, 3.8) is 0 Å². The zero-order valence-corrected chi connectivity index (χ0v) is 19.0. The van der Waals surface area contributed by atoms with Crippen LogP contribution in [0.25, 0.3) is 10.9 Å². The van der Waals surface area contributed by atoms with Gasteiger partial charge in [-0.2, -0.15) is 0 Å². The minimum absolute atomic E-state index is 0.0503. The molecule has 0 aliphatic carbocycles. The lowest BCUT2D eigenvalue weighted by Gasteiger charge is -2.40. The second-order valence-electron chi connectivity index (χ2n) is 7.99. The Hall–Kier alpha value is -1.83. The molecule has 5 rings (SSSR count). The Morgan fingerprint density at radius 3 is 2.52 bits per heavy atom. The van der Waals surface area contributed by atoms with Gasteiger partial charge in [0.1, 0.15) is 12.1 Å². The monoisotopic (exact) mass is 477 g/mol. The summed E-state index contributed by atoms with van der Waals surface area (Å²) >= 11 is 18.7. The minimum atomic E-state index is -0.446. The largest absolute Gasteiger partial charge is 0.390 e. The van der Waals surface area contributed by atoms with Crippen molar-refractivity contribution in [2.45, 2.75) is 12.1 Å². The average molecular weight is 479 g/mol. The van der Waals surface area contributed by atoms with Gasteiger partial charge in [-0.1, -0.05) is 40.9 Å². The first-order valence-electron chi connectivity index (χ1n) is 10.3. The molecule has 0 radical (unpaired) electrons. The van der Waals surface area contributed by atoms with Crippen molar-refractivity contribution >= 4 is 57.2 Å². The van der Waals surface area contributed by atoms with Crippen molar-refractivity contribution in [2.75, 3.05) is 49.1 Å². The van der Waals surface area contributed by atoms with E-state index >= 15 is 0 Å². The van der Waals surface area contributed by atoms with E-state index in [0.717, 1.165) is 48.6 Å². The number of nitrogens with zero attached hydrogens (tertiary/aromatic N) is 5. The van der Waals surface area contributed by atoms with Gasteiger partial charge in [-0.05, 0) is 30.3 Å². The summed E-state index contributed by atoms with van der Waals surface area (Å²) in [6.45, 7) is 4.61. The normalized spacial score (nSPS) is 22.5. The summed E-state index contributed by atoms with van der Waals surface area (Å²) in [5.74, 6) is 0.840. The number of piperazine rings is 1. The molecule has 0 spiro atoms.